The highest BCUT2D eigenvalue weighted by Gasteiger charge is 2.13. The van der Waals surface area contributed by atoms with Crippen molar-refractivity contribution in [1.29, 1.82) is 0 Å². The maximum Gasteiger partial charge on any atom is 0.335 e. The first-order valence-electron chi connectivity index (χ1n) is 9.87. The Hall–Kier alpha value is -3.36. The Kier molecular flexibility index (Phi) is 8.46. The first-order valence-corrected chi connectivity index (χ1v) is 11.0. The number of benzene rings is 3. The maximum atomic E-state index is 12.2. The van der Waals surface area contributed by atoms with Gasteiger partial charge in [0.1, 0.15) is 6.61 Å². The molecule has 9 heteroatoms. The number of rotatable bonds is 9. The number of aromatic carboxylic acids is 1. The largest absolute Gasteiger partial charge is 0.490 e. The number of carbonyl (C=O) groups is 2. The van der Waals surface area contributed by atoms with Crippen molar-refractivity contribution in [3.63, 3.8) is 0 Å². The van der Waals surface area contributed by atoms with E-state index in [9.17, 15) is 9.59 Å². The zero-order valence-electron chi connectivity index (χ0n) is 17.5. The molecular formula is C24H20BrClN2O5. The number of ether oxygens (including phenoxy) is 2. The van der Waals surface area contributed by atoms with Crippen LogP contribution in [0, 0.1) is 0 Å². The van der Waals surface area contributed by atoms with Gasteiger partial charge in [0.15, 0.2) is 11.5 Å². The standard InChI is InChI=1S/C24H20BrClN2O5/c1-2-32-21-12-16(13-27-28-23(29)17-7-9-19(26)10-8-17)11-20(25)22(21)33-14-15-3-5-18(6-4-15)24(30)31/h3-13H,2,14H2,1H3,(H,28,29)(H,30,31)/b27-13-. The first-order chi connectivity index (χ1) is 15.9. The van der Waals surface area contributed by atoms with Gasteiger partial charge in [0.2, 0.25) is 0 Å². The molecule has 0 atom stereocenters. The average molecular weight is 532 g/mol. The van der Waals surface area contributed by atoms with Crippen LogP contribution in [0.5, 0.6) is 11.5 Å². The highest BCUT2D eigenvalue weighted by molar-refractivity contribution is 9.10. The monoisotopic (exact) mass is 530 g/mol. The van der Waals surface area contributed by atoms with E-state index in [-0.39, 0.29) is 18.1 Å². The lowest BCUT2D eigenvalue weighted by Gasteiger charge is -2.15. The van der Waals surface area contributed by atoms with Gasteiger partial charge in [-0.2, -0.15) is 5.10 Å². The molecule has 3 aromatic rings. The summed E-state index contributed by atoms with van der Waals surface area (Å²) in [5, 5.41) is 13.6. The minimum atomic E-state index is -0.981. The lowest BCUT2D eigenvalue weighted by molar-refractivity contribution is 0.0696. The number of carbonyl (C=O) groups excluding carboxylic acids is 1. The van der Waals surface area contributed by atoms with Crippen LogP contribution in [0.1, 0.15) is 38.8 Å². The molecule has 0 spiro atoms. The van der Waals surface area contributed by atoms with Crippen LogP contribution in [-0.2, 0) is 6.61 Å². The Labute approximate surface area is 204 Å². The van der Waals surface area contributed by atoms with E-state index in [0.717, 1.165) is 5.56 Å². The molecule has 0 aliphatic rings. The molecule has 0 radical (unpaired) electrons. The van der Waals surface area contributed by atoms with Gasteiger partial charge in [-0.1, -0.05) is 23.7 Å². The molecule has 0 saturated carbocycles. The summed E-state index contributed by atoms with van der Waals surface area (Å²) in [5.74, 6) is -0.340. The van der Waals surface area contributed by atoms with Crippen LogP contribution in [-0.4, -0.2) is 29.8 Å². The quantitative estimate of drug-likeness (QED) is 0.279. The van der Waals surface area contributed by atoms with Crippen molar-refractivity contribution in [2.24, 2.45) is 5.10 Å². The van der Waals surface area contributed by atoms with Crippen LogP contribution in [0.4, 0.5) is 0 Å². The lowest BCUT2D eigenvalue weighted by atomic mass is 10.1. The second-order valence-corrected chi connectivity index (χ2v) is 8.05. The molecule has 33 heavy (non-hydrogen) atoms. The molecule has 3 aromatic carbocycles. The summed E-state index contributed by atoms with van der Waals surface area (Å²) in [7, 11) is 0. The number of nitrogens with zero attached hydrogens (tertiary/aromatic N) is 1. The Morgan fingerprint density at radius 3 is 2.36 bits per heavy atom. The van der Waals surface area contributed by atoms with E-state index in [1.54, 1.807) is 48.5 Å². The lowest BCUT2D eigenvalue weighted by Crippen LogP contribution is -2.17. The fourth-order valence-corrected chi connectivity index (χ4v) is 3.50. The van der Waals surface area contributed by atoms with Gasteiger partial charge < -0.3 is 14.6 Å². The predicted octanol–water partition coefficient (Wildman–Crippen LogP) is 5.54. The summed E-state index contributed by atoms with van der Waals surface area (Å²) in [5.41, 5.74) is 4.61. The normalized spacial score (nSPS) is 10.8. The van der Waals surface area contributed by atoms with Gasteiger partial charge in [-0.05, 0) is 82.5 Å². The highest BCUT2D eigenvalue weighted by atomic mass is 79.9. The van der Waals surface area contributed by atoms with E-state index in [1.165, 1.54) is 18.3 Å². The van der Waals surface area contributed by atoms with Crippen LogP contribution in [0.25, 0.3) is 0 Å². The molecule has 0 unspecified atom stereocenters. The van der Waals surface area contributed by atoms with Gasteiger partial charge in [-0.15, -0.1) is 0 Å². The van der Waals surface area contributed by atoms with Crippen LogP contribution >= 0.6 is 27.5 Å². The Bertz CT molecular complexity index is 1160. The molecule has 0 aliphatic heterocycles. The van der Waals surface area contributed by atoms with Gasteiger partial charge in [-0.3, -0.25) is 4.79 Å². The minimum absolute atomic E-state index is 0.210. The number of carboxylic acid groups (broad SMARTS) is 1. The third kappa shape index (κ3) is 6.81. The van der Waals surface area contributed by atoms with E-state index >= 15 is 0 Å². The molecule has 7 nitrogen and oxygen atoms in total. The summed E-state index contributed by atoms with van der Waals surface area (Å²) in [4.78, 5) is 23.1. The third-order valence-electron chi connectivity index (χ3n) is 4.40. The van der Waals surface area contributed by atoms with Crippen molar-refractivity contribution in [2.45, 2.75) is 13.5 Å². The molecular weight excluding hydrogens is 512 g/mol. The number of halogens is 2. The predicted molar refractivity (Wildman–Crippen MR) is 130 cm³/mol. The maximum absolute atomic E-state index is 12.2. The van der Waals surface area contributed by atoms with E-state index < -0.39 is 5.97 Å². The Balaban J connectivity index is 1.70. The summed E-state index contributed by atoms with van der Waals surface area (Å²) in [6.07, 6.45) is 1.50. The molecule has 2 N–H and O–H groups in total. The third-order valence-corrected chi connectivity index (χ3v) is 5.24. The van der Waals surface area contributed by atoms with Crippen LogP contribution in [0.15, 0.2) is 70.2 Å². The molecule has 3 rings (SSSR count). The number of amides is 1. The van der Waals surface area contributed by atoms with Gasteiger partial charge >= 0.3 is 5.97 Å². The van der Waals surface area contributed by atoms with Gasteiger partial charge in [0, 0.05) is 10.6 Å². The van der Waals surface area contributed by atoms with E-state index in [4.69, 9.17) is 26.2 Å². The van der Waals surface area contributed by atoms with Crippen molar-refractivity contribution < 1.29 is 24.2 Å². The minimum Gasteiger partial charge on any atom is -0.490 e. The Morgan fingerprint density at radius 2 is 1.73 bits per heavy atom. The van der Waals surface area contributed by atoms with E-state index in [0.29, 0.717) is 38.7 Å². The van der Waals surface area contributed by atoms with Crippen molar-refractivity contribution >= 4 is 45.6 Å². The number of carboxylic acids is 1. The topological polar surface area (TPSA) is 97.2 Å². The van der Waals surface area contributed by atoms with Crippen molar-refractivity contribution in [2.75, 3.05) is 6.61 Å². The summed E-state index contributed by atoms with van der Waals surface area (Å²) in [6.45, 7) is 2.50. The number of hydrogen-bond donors (Lipinski definition) is 2. The molecule has 0 aliphatic carbocycles. The first kappa shape index (κ1) is 24.3. The van der Waals surface area contributed by atoms with Gasteiger partial charge in [0.05, 0.1) is 22.9 Å². The number of nitrogens with one attached hydrogen (secondary N) is 1. The van der Waals surface area contributed by atoms with Crippen molar-refractivity contribution in [3.05, 3.63) is 92.4 Å². The zero-order chi connectivity index (χ0) is 23.8. The van der Waals surface area contributed by atoms with Gasteiger partial charge in [-0.25, -0.2) is 10.2 Å². The number of hydrogen-bond acceptors (Lipinski definition) is 5. The van der Waals surface area contributed by atoms with Crippen LogP contribution in [0.2, 0.25) is 5.02 Å². The zero-order valence-corrected chi connectivity index (χ0v) is 19.9. The highest BCUT2D eigenvalue weighted by Crippen LogP contribution is 2.37. The molecule has 1 amide bonds. The summed E-state index contributed by atoms with van der Waals surface area (Å²) in [6, 6.07) is 16.4. The molecule has 0 fully saturated rings. The van der Waals surface area contributed by atoms with E-state index in [1.807, 2.05) is 6.92 Å². The fraction of sp³-hybridized carbons (Fsp3) is 0.125. The SMILES string of the molecule is CCOc1cc(/C=N\NC(=O)c2ccc(Cl)cc2)cc(Br)c1OCc1ccc(C(=O)O)cc1. The fourth-order valence-electron chi connectivity index (χ4n) is 2.80. The molecule has 0 heterocycles. The van der Waals surface area contributed by atoms with E-state index in [2.05, 4.69) is 26.5 Å². The summed E-state index contributed by atoms with van der Waals surface area (Å²) >= 11 is 9.33. The molecule has 0 bridgehead atoms. The van der Waals surface area contributed by atoms with Gasteiger partial charge in [0.25, 0.3) is 5.91 Å². The number of hydrazone groups is 1. The molecule has 0 aromatic heterocycles. The average Bonchev–Trinajstić information content (AvgIpc) is 2.79. The Morgan fingerprint density at radius 1 is 1.06 bits per heavy atom. The van der Waals surface area contributed by atoms with Crippen LogP contribution in [0.3, 0.4) is 0 Å². The molecule has 170 valence electrons. The van der Waals surface area contributed by atoms with Crippen molar-refractivity contribution in [3.8, 4) is 11.5 Å². The molecule has 0 saturated heterocycles. The summed E-state index contributed by atoms with van der Waals surface area (Å²) < 4.78 is 12.3. The van der Waals surface area contributed by atoms with Crippen molar-refractivity contribution in [1.82, 2.24) is 5.43 Å². The second kappa shape index (κ2) is 11.5. The second-order valence-electron chi connectivity index (χ2n) is 6.76. The van der Waals surface area contributed by atoms with Crippen LogP contribution < -0.4 is 14.9 Å². The smallest absolute Gasteiger partial charge is 0.335 e.